The summed E-state index contributed by atoms with van der Waals surface area (Å²) in [5, 5.41) is 9.78. The summed E-state index contributed by atoms with van der Waals surface area (Å²) in [7, 11) is -3.02. The third-order valence-corrected chi connectivity index (χ3v) is 6.87. The fraction of sp³-hybridized carbons (Fsp3) is 0.200. The van der Waals surface area contributed by atoms with Crippen LogP contribution in [-0.4, -0.2) is 30.8 Å². The van der Waals surface area contributed by atoms with Crippen LogP contribution < -0.4 is 5.73 Å². The topological polar surface area (TPSA) is 117 Å². The minimum atomic E-state index is -3.02. The van der Waals surface area contributed by atoms with Crippen molar-refractivity contribution in [1.82, 2.24) is 4.98 Å². The molecule has 2 heterocycles. The number of carbonyl (C=O) groups is 1. The minimum absolute atomic E-state index is 0.0966. The number of carbonyl (C=O) groups excluding carboxylic acids is 1. The minimum Gasteiger partial charge on any atom is -0.366 e. The maximum atomic E-state index is 12.0. The van der Waals surface area contributed by atoms with Crippen LogP contribution >= 0.6 is 0 Å². The third-order valence-electron chi connectivity index (χ3n) is 5.11. The van der Waals surface area contributed by atoms with Gasteiger partial charge in [0.1, 0.15) is 0 Å². The predicted molar refractivity (Wildman–Crippen MR) is 103 cm³/mol. The first-order valence-corrected chi connectivity index (χ1v) is 10.4. The van der Waals surface area contributed by atoms with Crippen molar-refractivity contribution in [2.75, 3.05) is 11.5 Å². The fourth-order valence-electron chi connectivity index (χ4n) is 3.73. The van der Waals surface area contributed by atoms with E-state index >= 15 is 0 Å². The molecule has 6 nitrogen and oxygen atoms in total. The van der Waals surface area contributed by atoms with E-state index in [1.165, 1.54) is 0 Å². The summed E-state index contributed by atoms with van der Waals surface area (Å²) in [6.07, 6.45) is 2.35. The van der Waals surface area contributed by atoms with Gasteiger partial charge in [-0.15, -0.1) is 0 Å². The number of rotatable bonds is 3. The first kappa shape index (κ1) is 17.3. The van der Waals surface area contributed by atoms with Crippen molar-refractivity contribution in [3.05, 3.63) is 59.3 Å². The maximum Gasteiger partial charge on any atom is 0.250 e. The molecule has 1 aliphatic rings. The van der Waals surface area contributed by atoms with E-state index in [0.29, 0.717) is 23.1 Å². The summed E-state index contributed by atoms with van der Waals surface area (Å²) in [5.74, 6) is -0.349. The molecule has 1 atom stereocenters. The molecule has 0 saturated carbocycles. The van der Waals surface area contributed by atoms with Gasteiger partial charge in [0.25, 0.3) is 5.91 Å². The third kappa shape index (κ3) is 3.09. The van der Waals surface area contributed by atoms with Crippen LogP contribution in [-0.2, 0) is 9.84 Å². The van der Waals surface area contributed by atoms with Crippen LogP contribution in [0.25, 0.3) is 22.0 Å². The SMILES string of the molecule is N#Cc1ccc(-c2cc(C(N)=O)c3[nH]cc([C@@H]4CCS(=O)(=O)C4)c3c2)cc1. The molecule has 0 spiro atoms. The Hall–Kier alpha value is -3.11. The number of nitriles is 1. The van der Waals surface area contributed by atoms with Gasteiger partial charge in [-0.05, 0) is 47.4 Å². The Labute approximate surface area is 156 Å². The van der Waals surface area contributed by atoms with Crippen molar-refractivity contribution in [2.45, 2.75) is 12.3 Å². The molecule has 27 heavy (non-hydrogen) atoms. The lowest BCUT2D eigenvalue weighted by Gasteiger charge is -2.10. The van der Waals surface area contributed by atoms with Gasteiger partial charge in [-0.25, -0.2) is 8.42 Å². The van der Waals surface area contributed by atoms with Gasteiger partial charge in [0.05, 0.1) is 34.2 Å². The molecular formula is C20H17N3O3S. The second-order valence-corrected chi connectivity index (χ2v) is 9.07. The van der Waals surface area contributed by atoms with E-state index in [2.05, 4.69) is 11.1 Å². The van der Waals surface area contributed by atoms with Gasteiger partial charge in [-0.2, -0.15) is 5.26 Å². The van der Waals surface area contributed by atoms with Gasteiger partial charge >= 0.3 is 0 Å². The molecule has 0 radical (unpaired) electrons. The average molecular weight is 379 g/mol. The number of primary amides is 1. The Kier molecular flexibility index (Phi) is 4.01. The van der Waals surface area contributed by atoms with Gasteiger partial charge in [-0.1, -0.05) is 12.1 Å². The number of amides is 1. The Balaban J connectivity index is 1.89. The quantitative estimate of drug-likeness (QED) is 0.727. The molecule has 2 aromatic carbocycles. The van der Waals surface area contributed by atoms with Crippen LogP contribution in [0.2, 0.25) is 0 Å². The highest BCUT2D eigenvalue weighted by atomic mass is 32.2. The van der Waals surface area contributed by atoms with Gasteiger partial charge in [0, 0.05) is 17.5 Å². The largest absolute Gasteiger partial charge is 0.366 e. The number of hydrogen-bond donors (Lipinski definition) is 2. The molecule has 1 aromatic heterocycles. The van der Waals surface area contributed by atoms with Crippen molar-refractivity contribution in [3.8, 4) is 17.2 Å². The zero-order valence-electron chi connectivity index (χ0n) is 14.4. The van der Waals surface area contributed by atoms with E-state index in [-0.39, 0.29) is 17.4 Å². The number of benzene rings is 2. The zero-order chi connectivity index (χ0) is 19.2. The van der Waals surface area contributed by atoms with Crippen molar-refractivity contribution in [2.24, 2.45) is 5.73 Å². The van der Waals surface area contributed by atoms with E-state index in [0.717, 1.165) is 22.1 Å². The lowest BCUT2D eigenvalue weighted by Crippen LogP contribution is -2.11. The maximum absolute atomic E-state index is 12.0. The number of hydrogen-bond acceptors (Lipinski definition) is 4. The van der Waals surface area contributed by atoms with Crippen LogP contribution in [0.15, 0.2) is 42.6 Å². The lowest BCUT2D eigenvalue weighted by atomic mass is 9.93. The number of H-pyrrole nitrogens is 1. The Morgan fingerprint density at radius 3 is 2.52 bits per heavy atom. The monoisotopic (exact) mass is 379 g/mol. The fourth-order valence-corrected chi connectivity index (χ4v) is 5.50. The van der Waals surface area contributed by atoms with E-state index in [4.69, 9.17) is 11.0 Å². The van der Waals surface area contributed by atoms with Gasteiger partial charge in [0.15, 0.2) is 9.84 Å². The number of fused-ring (bicyclic) bond motifs is 1. The number of nitrogens with zero attached hydrogens (tertiary/aromatic N) is 1. The molecule has 3 aromatic rings. The van der Waals surface area contributed by atoms with Crippen molar-refractivity contribution < 1.29 is 13.2 Å². The first-order chi connectivity index (χ1) is 12.9. The van der Waals surface area contributed by atoms with Crippen LogP contribution in [0.3, 0.4) is 0 Å². The molecule has 1 saturated heterocycles. The summed E-state index contributed by atoms with van der Waals surface area (Å²) in [6, 6.07) is 12.8. The first-order valence-electron chi connectivity index (χ1n) is 8.54. The summed E-state index contributed by atoms with van der Waals surface area (Å²) < 4.78 is 23.8. The molecule has 1 fully saturated rings. The highest BCUT2D eigenvalue weighted by molar-refractivity contribution is 7.91. The summed E-state index contributed by atoms with van der Waals surface area (Å²) >= 11 is 0. The molecule has 0 aliphatic carbocycles. The normalized spacial score (nSPS) is 18.4. The molecule has 1 aliphatic heterocycles. The predicted octanol–water partition coefficient (Wildman–Crippen LogP) is 2.71. The number of aromatic nitrogens is 1. The number of nitrogens with two attached hydrogens (primary N) is 1. The van der Waals surface area contributed by atoms with Crippen LogP contribution in [0.5, 0.6) is 0 Å². The molecule has 4 rings (SSSR count). The van der Waals surface area contributed by atoms with Crippen LogP contribution in [0, 0.1) is 11.3 Å². The van der Waals surface area contributed by atoms with Crippen LogP contribution in [0.4, 0.5) is 0 Å². The highest BCUT2D eigenvalue weighted by Crippen LogP contribution is 2.37. The number of sulfone groups is 1. The highest BCUT2D eigenvalue weighted by Gasteiger charge is 2.31. The Morgan fingerprint density at radius 2 is 1.93 bits per heavy atom. The molecule has 7 heteroatoms. The van der Waals surface area contributed by atoms with Crippen molar-refractivity contribution in [1.29, 1.82) is 5.26 Å². The van der Waals surface area contributed by atoms with E-state index in [9.17, 15) is 13.2 Å². The summed E-state index contributed by atoms with van der Waals surface area (Å²) in [6.45, 7) is 0. The molecular weight excluding hydrogens is 362 g/mol. The average Bonchev–Trinajstić information content (AvgIpc) is 3.23. The number of nitrogens with one attached hydrogen (secondary N) is 1. The van der Waals surface area contributed by atoms with E-state index in [1.807, 2.05) is 18.2 Å². The number of aromatic amines is 1. The Bertz CT molecular complexity index is 1200. The lowest BCUT2D eigenvalue weighted by molar-refractivity contribution is 0.100. The van der Waals surface area contributed by atoms with Crippen molar-refractivity contribution >= 4 is 26.6 Å². The molecule has 3 N–H and O–H groups in total. The zero-order valence-corrected chi connectivity index (χ0v) is 15.2. The summed E-state index contributed by atoms with van der Waals surface area (Å²) in [4.78, 5) is 15.1. The molecule has 1 amide bonds. The van der Waals surface area contributed by atoms with Gasteiger partial charge in [-0.3, -0.25) is 4.79 Å². The summed E-state index contributed by atoms with van der Waals surface area (Å²) in [5.41, 5.74) is 9.65. The second kappa shape index (κ2) is 6.25. The van der Waals surface area contributed by atoms with E-state index < -0.39 is 15.7 Å². The standard InChI is InChI=1S/C20H17N3O3S/c21-9-12-1-3-13(4-2-12)15-7-16-18(14-5-6-27(25,26)11-14)10-23-19(16)17(8-15)20(22)24/h1-4,7-8,10,14,23H,5-6,11H2,(H2,22,24)/t14-/m1/s1. The molecule has 0 unspecified atom stereocenters. The van der Waals surface area contributed by atoms with E-state index in [1.54, 1.807) is 24.4 Å². The van der Waals surface area contributed by atoms with Crippen LogP contribution in [0.1, 0.15) is 33.8 Å². The smallest absolute Gasteiger partial charge is 0.250 e. The van der Waals surface area contributed by atoms with Crippen molar-refractivity contribution in [3.63, 3.8) is 0 Å². The molecule has 0 bridgehead atoms. The Morgan fingerprint density at radius 1 is 1.19 bits per heavy atom. The molecule has 136 valence electrons. The van der Waals surface area contributed by atoms with Gasteiger partial charge in [0.2, 0.25) is 0 Å². The van der Waals surface area contributed by atoms with Gasteiger partial charge < -0.3 is 10.7 Å². The second-order valence-electron chi connectivity index (χ2n) is 6.84.